The highest BCUT2D eigenvalue weighted by Gasteiger charge is 2.29. The van der Waals surface area contributed by atoms with E-state index in [1.165, 1.54) is 19.2 Å². The highest BCUT2D eigenvalue weighted by atomic mass is 35.5. The Hall–Kier alpha value is -1.35. The highest BCUT2D eigenvalue weighted by Crippen LogP contribution is 2.31. The number of benzene rings is 1. The molecule has 26 heavy (non-hydrogen) atoms. The molecule has 0 radical (unpaired) electrons. The van der Waals surface area contributed by atoms with Gasteiger partial charge in [0.15, 0.2) is 0 Å². The molecule has 146 valence electrons. The summed E-state index contributed by atoms with van der Waals surface area (Å²) in [5, 5.41) is 2.82. The summed E-state index contributed by atoms with van der Waals surface area (Å²) in [5.74, 6) is 0.135. The van der Waals surface area contributed by atoms with Gasteiger partial charge in [0.2, 0.25) is 15.9 Å². The van der Waals surface area contributed by atoms with E-state index in [-0.39, 0.29) is 41.2 Å². The van der Waals surface area contributed by atoms with Crippen LogP contribution in [0, 0.1) is 5.92 Å². The zero-order chi connectivity index (χ0) is 18.0. The predicted molar refractivity (Wildman–Crippen MR) is 102 cm³/mol. The summed E-state index contributed by atoms with van der Waals surface area (Å²) in [5.41, 5.74) is 6.32. The molecule has 9 heteroatoms. The van der Waals surface area contributed by atoms with Crippen LogP contribution in [0.3, 0.4) is 0 Å². The van der Waals surface area contributed by atoms with Gasteiger partial charge in [0.1, 0.15) is 5.75 Å². The monoisotopic (exact) mass is 403 g/mol. The first-order valence-electron chi connectivity index (χ1n) is 8.66. The fourth-order valence-electron chi connectivity index (χ4n) is 3.14. The number of nitrogens with two attached hydrogens (primary N) is 1. The SMILES string of the molecule is COc1ccc(S(=O)(=O)NC2CC2)cc1NC(=O)C1CCCC(N)C1.Cl. The van der Waals surface area contributed by atoms with Crippen LogP contribution in [0.4, 0.5) is 5.69 Å². The lowest BCUT2D eigenvalue weighted by atomic mass is 9.85. The third kappa shape index (κ3) is 5.09. The third-order valence-electron chi connectivity index (χ3n) is 4.72. The molecule has 1 aromatic rings. The van der Waals surface area contributed by atoms with E-state index in [4.69, 9.17) is 10.5 Å². The van der Waals surface area contributed by atoms with Gasteiger partial charge >= 0.3 is 0 Å². The number of rotatable bonds is 6. The quantitative estimate of drug-likeness (QED) is 0.672. The maximum atomic E-state index is 12.5. The maximum absolute atomic E-state index is 12.5. The van der Waals surface area contributed by atoms with Gasteiger partial charge in [-0.3, -0.25) is 4.79 Å². The first kappa shape index (κ1) is 21.0. The van der Waals surface area contributed by atoms with Crippen LogP contribution in [0.15, 0.2) is 23.1 Å². The average molecular weight is 404 g/mol. The second-order valence-electron chi connectivity index (χ2n) is 6.87. The Morgan fingerprint density at radius 2 is 1.96 bits per heavy atom. The third-order valence-corrected chi connectivity index (χ3v) is 6.24. The van der Waals surface area contributed by atoms with Crippen LogP contribution in [0.2, 0.25) is 0 Å². The van der Waals surface area contributed by atoms with Crippen LogP contribution in [-0.4, -0.2) is 33.5 Å². The molecule has 2 aliphatic rings. The number of sulfonamides is 1. The summed E-state index contributed by atoms with van der Waals surface area (Å²) in [7, 11) is -2.11. The van der Waals surface area contributed by atoms with E-state index in [9.17, 15) is 13.2 Å². The number of halogens is 1. The van der Waals surface area contributed by atoms with Crippen molar-refractivity contribution < 1.29 is 17.9 Å². The molecular formula is C17H26ClN3O4S. The summed E-state index contributed by atoms with van der Waals surface area (Å²) in [6.07, 6.45) is 5.03. The number of carbonyl (C=O) groups excluding carboxylic acids is 1. The van der Waals surface area contributed by atoms with Crippen molar-refractivity contribution in [3.8, 4) is 5.75 Å². The van der Waals surface area contributed by atoms with E-state index in [0.29, 0.717) is 17.9 Å². The Morgan fingerprint density at radius 3 is 2.58 bits per heavy atom. The van der Waals surface area contributed by atoms with Crippen LogP contribution < -0.4 is 20.5 Å². The van der Waals surface area contributed by atoms with Gasteiger partial charge in [-0.25, -0.2) is 13.1 Å². The number of anilines is 1. The molecule has 0 aliphatic heterocycles. The minimum absolute atomic E-state index is 0. The van der Waals surface area contributed by atoms with E-state index >= 15 is 0 Å². The lowest BCUT2D eigenvalue weighted by Gasteiger charge is -2.26. The van der Waals surface area contributed by atoms with Crippen molar-refractivity contribution in [2.24, 2.45) is 11.7 Å². The number of ether oxygens (including phenoxy) is 1. The standard InChI is InChI=1S/C17H25N3O4S.ClH/c1-24-16-8-7-14(25(22,23)20-13-5-6-13)10-15(16)19-17(21)11-3-2-4-12(18)9-11;/h7-8,10-13,20H,2-6,9,18H2,1H3,(H,19,21);1H. The molecule has 2 unspecified atom stereocenters. The van der Waals surface area contributed by atoms with Crippen LogP contribution in [0.5, 0.6) is 5.75 Å². The first-order valence-corrected chi connectivity index (χ1v) is 10.1. The molecule has 7 nitrogen and oxygen atoms in total. The van der Waals surface area contributed by atoms with Crippen LogP contribution in [0.25, 0.3) is 0 Å². The largest absolute Gasteiger partial charge is 0.495 e. The Bertz CT molecular complexity index is 752. The minimum Gasteiger partial charge on any atom is -0.495 e. The summed E-state index contributed by atoms with van der Waals surface area (Å²) in [6, 6.07) is 4.55. The molecule has 2 saturated carbocycles. The van der Waals surface area contributed by atoms with Crippen molar-refractivity contribution in [3.05, 3.63) is 18.2 Å². The van der Waals surface area contributed by atoms with E-state index < -0.39 is 10.0 Å². The fraction of sp³-hybridized carbons (Fsp3) is 0.588. The van der Waals surface area contributed by atoms with E-state index in [0.717, 1.165) is 32.1 Å². The van der Waals surface area contributed by atoms with Crippen molar-refractivity contribution in [2.45, 2.75) is 55.5 Å². The molecule has 2 aliphatic carbocycles. The zero-order valence-electron chi connectivity index (χ0n) is 14.7. The Morgan fingerprint density at radius 1 is 1.23 bits per heavy atom. The smallest absolute Gasteiger partial charge is 0.240 e. The average Bonchev–Trinajstić information content (AvgIpc) is 3.38. The molecule has 0 heterocycles. The van der Waals surface area contributed by atoms with Crippen molar-refractivity contribution in [3.63, 3.8) is 0 Å². The number of methoxy groups -OCH3 is 1. The fourth-order valence-corrected chi connectivity index (χ4v) is 4.47. The van der Waals surface area contributed by atoms with Gasteiger partial charge < -0.3 is 15.8 Å². The zero-order valence-corrected chi connectivity index (χ0v) is 16.4. The predicted octanol–water partition coefficient (Wildman–Crippen LogP) is 2.01. The highest BCUT2D eigenvalue weighted by molar-refractivity contribution is 7.89. The second kappa shape index (κ2) is 8.56. The number of hydrogen-bond acceptors (Lipinski definition) is 5. The molecule has 2 atom stereocenters. The molecule has 1 aromatic carbocycles. The molecule has 1 amide bonds. The molecule has 0 saturated heterocycles. The van der Waals surface area contributed by atoms with E-state index in [1.54, 1.807) is 6.07 Å². The lowest BCUT2D eigenvalue weighted by molar-refractivity contribution is -0.120. The second-order valence-corrected chi connectivity index (χ2v) is 8.58. The van der Waals surface area contributed by atoms with Crippen LogP contribution in [-0.2, 0) is 14.8 Å². The first-order chi connectivity index (χ1) is 11.9. The summed E-state index contributed by atoms with van der Waals surface area (Å²) in [4.78, 5) is 12.7. The van der Waals surface area contributed by atoms with Crippen LogP contribution in [0.1, 0.15) is 38.5 Å². The molecule has 0 spiro atoms. The van der Waals surface area contributed by atoms with Crippen molar-refractivity contribution >= 4 is 34.0 Å². The van der Waals surface area contributed by atoms with E-state index in [2.05, 4.69) is 10.0 Å². The number of carbonyl (C=O) groups is 1. The Balaban J connectivity index is 0.00000243. The molecular weight excluding hydrogens is 378 g/mol. The van der Waals surface area contributed by atoms with Crippen LogP contribution >= 0.6 is 12.4 Å². The van der Waals surface area contributed by atoms with Gasteiger partial charge in [-0.1, -0.05) is 6.42 Å². The van der Waals surface area contributed by atoms with Gasteiger partial charge in [-0.15, -0.1) is 12.4 Å². The minimum atomic E-state index is -3.59. The number of hydrogen-bond donors (Lipinski definition) is 3. The van der Waals surface area contributed by atoms with Crippen molar-refractivity contribution in [2.75, 3.05) is 12.4 Å². The van der Waals surface area contributed by atoms with Gasteiger partial charge in [0, 0.05) is 18.0 Å². The van der Waals surface area contributed by atoms with Gasteiger partial charge in [0.05, 0.1) is 17.7 Å². The molecule has 4 N–H and O–H groups in total. The lowest BCUT2D eigenvalue weighted by Crippen LogP contribution is -2.34. The Labute approximate surface area is 160 Å². The molecule has 0 bridgehead atoms. The van der Waals surface area contributed by atoms with Gasteiger partial charge in [0.25, 0.3) is 0 Å². The van der Waals surface area contributed by atoms with E-state index in [1.807, 2.05) is 0 Å². The Kier molecular flexibility index (Phi) is 6.90. The molecule has 3 rings (SSSR count). The molecule has 2 fully saturated rings. The summed E-state index contributed by atoms with van der Waals surface area (Å²) < 4.78 is 32.7. The topological polar surface area (TPSA) is 111 Å². The van der Waals surface area contributed by atoms with Gasteiger partial charge in [-0.2, -0.15) is 0 Å². The summed E-state index contributed by atoms with van der Waals surface area (Å²) >= 11 is 0. The normalized spacial score (nSPS) is 23.0. The molecule has 0 aromatic heterocycles. The maximum Gasteiger partial charge on any atom is 0.240 e. The summed E-state index contributed by atoms with van der Waals surface area (Å²) in [6.45, 7) is 0. The number of amides is 1. The van der Waals surface area contributed by atoms with Gasteiger partial charge in [-0.05, 0) is 50.3 Å². The number of nitrogens with one attached hydrogen (secondary N) is 2. The van der Waals surface area contributed by atoms with Crippen molar-refractivity contribution in [1.82, 2.24) is 4.72 Å². The van der Waals surface area contributed by atoms with Crippen molar-refractivity contribution in [1.29, 1.82) is 0 Å².